The highest BCUT2D eigenvalue weighted by atomic mass is 79.9. The van der Waals surface area contributed by atoms with Gasteiger partial charge in [-0.15, -0.1) is 0 Å². The maximum absolute atomic E-state index is 12.8. The molecule has 0 atom stereocenters. The molecule has 0 aliphatic heterocycles. The summed E-state index contributed by atoms with van der Waals surface area (Å²) in [4.78, 5) is 14.9. The van der Waals surface area contributed by atoms with Gasteiger partial charge in [-0.25, -0.2) is 0 Å². The molecular formula is C13H18BrNOS. The van der Waals surface area contributed by atoms with Gasteiger partial charge in [-0.1, -0.05) is 19.3 Å². The van der Waals surface area contributed by atoms with E-state index in [-0.39, 0.29) is 11.3 Å². The number of carbonyl (C=O) groups excluding carboxylic acids is 1. The third kappa shape index (κ3) is 2.35. The van der Waals surface area contributed by atoms with E-state index in [9.17, 15) is 4.79 Å². The van der Waals surface area contributed by atoms with E-state index in [1.807, 2.05) is 24.9 Å². The molecule has 0 aromatic carbocycles. The van der Waals surface area contributed by atoms with Crippen molar-refractivity contribution in [3.8, 4) is 0 Å². The molecule has 1 aliphatic rings. The molecule has 2 rings (SSSR count). The Morgan fingerprint density at radius 1 is 1.29 bits per heavy atom. The third-order valence-corrected chi connectivity index (χ3v) is 5.52. The van der Waals surface area contributed by atoms with Crippen molar-refractivity contribution in [2.45, 2.75) is 37.6 Å². The lowest BCUT2D eigenvalue weighted by molar-refractivity contribution is 0.0563. The van der Waals surface area contributed by atoms with Crippen LogP contribution in [0.2, 0.25) is 0 Å². The van der Waals surface area contributed by atoms with Crippen molar-refractivity contribution in [2.75, 3.05) is 14.1 Å². The number of ketones is 1. The van der Waals surface area contributed by atoms with Crippen molar-refractivity contribution in [3.63, 3.8) is 0 Å². The second-order valence-corrected chi connectivity index (χ2v) is 6.55. The van der Waals surface area contributed by atoms with Crippen LogP contribution in [0.3, 0.4) is 0 Å². The van der Waals surface area contributed by atoms with Gasteiger partial charge < -0.3 is 0 Å². The summed E-state index contributed by atoms with van der Waals surface area (Å²) >= 11 is 5.06. The zero-order valence-electron chi connectivity index (χ0n) is 10.3. The van der Waals surface area contributed by atoms with Crippen LogP contribution < -0.4 is 0 Å². The molecule has 0 amide bonds. The van der Waals surface area contributed by atoms with Crippen LogP contribution in [0.4, 0.5) is 0 Å². The molecule has 0 spiro atoms. The van der Waals surface area contributed by atoms with Crippen molar-refractivity contribution in [1.29, 1.82) is 0 Å². The Hall–Kier alpha value is -0.190. The van der Waals surface area contributed by atoms with E-state index in [2.05, 4.69) is 20.8 Å². The zero-order chi connectivity index (χ0) is 12.5. The normalized spacial score (nSPS) is 19.5. The van der Waals surface area contributed by atoms with Crippen LogP contribution >= 0.6 is 27.3 Å². The third-order valence-electron chi connectivity index (χ3n) is 3.82. The van der Waals surface area contributed by atoms with Gasteiger partial charge in [-0.3, -0.25) is 9.69 Å². The number of likely N-dealkylation sites (N-methyl/N-ethyl adjacent to an activating group) is 1. The van der Waals surface area contributed by atoms with Crippen LogP contribution in [-0.4, -0.2) is 30.3 Å². The van der Waals surface area contributed by atoms with Gasteiger partial charge in [0.1, 0.15) is 0 Å². The molecular weight excluding hydrogens is 298 g/mol. The van der Waals surface area contributed by atoms with E-state index < -0.39 is 0 Å². The van der Waals surface area contributed by atoms with Crippen molar-refractivity contribution < 1.29 is 4.79 Å². The lowest BCUT2D eigenvalue weighted by Gasteiger charge is -2.41. The topological polar surface area (TPSA) is 20.3 Å². The summed E-state index contributed by atoms with van der Waals surface area (Å²) < 4.78 is 0.944. The van der Waals surface area contributed by atoms with Crippen molar-refractivity contribution in [1.82, 2.24) is 4.90 Å². The first-order valence-corrected chi connectivity index (χ1v) is 7.75. The van der Waals surface area contributed by atoms with Crippen LogP contribution in [0.15, 0.2) is 15.2 Å². The number of halogens is 1. The van der Waals surface area contributed by atoms with Crippen molar-refractivity contribution in [3.05, 3.63) is 20.8 Å². The Bertz CT molecular complexity index is 407. The van der Waals surface area contributed by atoms with Gasteiger partial charge in [0.2, 0.25) is 0 Å². The highest BCUT2D eigenvalue weighted by Gasteiger charge is 2.42. The van der Waals surface area contributed by atoms with E-state index in [0.29, 0.717) is 0 Å². The van der Waals surface area contributed by atoms with Crippen LogP contribution in [-0.2, 0) is 0 Å². The summed E-state index contributed by atoms with van der Waals surface area (Å²) in [6, 6.07) is 0. The molecule has 1 fully saturated rings. The lowest BCUT2D eigenvalue weighted by Crippen LogP contribution is -2.52. The predicted molar refractivity (Wildman–Crippen MR) is 75.9 cm³/mol. The van der Waals surface area contributed by atoms with Gasteiger partial charge in [0.25, 0.3) is 0 Å². The average molecular weight is 316 g/mol. The molecule has 1 aliphatic carbocycles. The van der Waals surface area contributed by atoms with Crippen LogP contribution in [0, 0.1) is 0 Å². The van der Waals surface area contributed by atoms with Crippen LogP contribution in [0.5, 0.6) is 0 Å². The van der Waals surface area contributed by atoms with E-state index in [1.165, 1.54) is 6.42 Å². The van der Waals surface area contributed by atoms with Crippen molar-refractivity contribution >= 4 is 33.0 Å². The van der Waals surface area contributed by atoms with E-state index in [0.717, 1.165) is 35.7 Å². The summed E-state index contributed by atoms with van der Waals surface area (Å²) in [7, 11) is 4.06. The fourth-order valence-corrected chi connectivity index (χ4v) is 4.16. The highest BCUT2D eigenvalue weighted by molar-refractivity contribution is 9.10. The zero-order valence-corrected chi connectivity index (χ0v) is 12.7. The lowest BCUT2D eigenvalue weighted by atomic mass is 9.76. The fraction of sp³-hybridized carbons (Fsp3) is 0.615. The highest BCUT2D eigenvalue weighted by Crippen LogP contribution is 2.37. The first kappa shape index (κ1) is 13.2. The van der Waals surface area contributed by atoms with Gasteiger partial charge >= 0.3 is 0 Å². The molecule has 0 radical (unpaired) electrons. The Morgan fingerprint density at radius 3 is 2.41 bits per heavy atom. The van der Waals surface area contributed by atoms with E-state index in [1.54, 1.807) is 11.3 Å². The van der Waals surface area contributed by atoms with Crippen molar-refractivity contribution in [2.24, 2.45) is 0 Å². The summed E-state index contributed by atoms with van der Waals surface area (Å²) in [6.45, 7) is 0. The number of hydrogen-bond acceptors (Lipinski definition) is 3. The number of carbonyl (C=O) groups is 1. The minimum atomic E-state index is -0.276. The first-order valence-electron chi connectivity index (χ1n) is 6.02. The Balaban J connectivity index is 2.34. The number of thiophene rings is 1. The maximum atomic E-state index is 12.8. The summed E-state index contributed by atoms with van der Waals surface area (Å²) in [6.07, 6.45) is 5.55. The summed E-state index contributed by atoms with van der Waals surface area (Å²) in [5.74, 6) is 0.287. The summed E-state index contributed by atoms with van der Waals surface area (Å²) in [5.41, 5.74) is 0.576. The number of rotatable bonds is 3. The molecule has 1 saturated carbocycles. The maximum Gasteiger partial charge on any atom is 0.185 e. The largest absolute Gasteiger partial charge is 0.297 e. The first-order chi connectivity index (χ1) is 8.08. The number of Topliss-reactive ketones (excluding diaryl/α,β-unsaturated/α-hetero) is 1. The number of nitrogens with zero attached hydrogens (tertiary/aromatic N) is 1. The standard InChI is InChI=1S/C13H18BrNOS/c1-15(2)13(6-4-3-5-7-13)12(16)10-8-17-9-11(10)14/h8-9H,3-7H2,1-2H3. The van der Waals surface area contributed by atoms with Gasteiger partial charge in [0.05, 0.1) is 5.54 Å². The van der Waals surface area contributed by atoms with Gasteiger partial charge in [0, 0.05) is 20.8 Å². The van der Waals surface area contributed by atoms with Gasteiger partial charge in [-0.2, -0.15) is 11.3 Å². The van der Waals surface area contributed by atoms with Gasteiger partial charge in [0.15, 0.2) is 5.78 Å². The van der Waals surface area contributed by atoms with Crippen LogP contribution in [0.1, 0.15) is 42.5 Å². The second-order valence-electron chi connectivity index (χ2n) is 4.95. The number of hydrogen-bond donors (Lipinski definition) is 0. The van der Waals surface area contributed by atoms with E-state index >= 15 is 0 Å². The van der Waals surface area contributed by atoms with Gasteiger partial charge in [-0.05, 0) is 42.9 Å². The molecule has 94 valence electrons. The molecule has 2 nitrogen and oxygen atoms in total. The van der Waals surface area contributed by atoms with E-state index in [4.69, 9.17) is 0 Å². The molecule has 1 aromatic rings. The molecule has 4 heteroatoms. The average Bonchev–Trinajstić information content (AvgIpc) is 2.75. The second kappa shape index (κ2) is 5.21. The Kier molecular flexibility index (Phi) is 4.06. The monoisotopic (exact) mass is 315 g/mol. The SMILES string of the molecule is CN(C)C1(C(=O)c2cscc2Br)CCCCC1. The molecule has 0 bridgehead atoms. The van der Waals surface area contributed by atoms with Crippen LogP contribution in [0.25, 0.3) is 0 Å². The molecule has 0 N–H and O–H groups in total. The Labute approximate surface area is 115 Å². The minimum Gasteiger partial charge on any atom is -0.297 e. The minimum absolute atomic E-state index is 0.276. The smallest absolute Gasteiger partial charge is 0.185 e. The quantitative estimate of drug-likeness (QED) is 0.787. The predicted octanol–water partition coefficient (Wildman–Crippen LogP) is 3.96. The summed E-state index contributed by atoms with van der Waals surface area (Å²) in [5, 5.41) is 3.95. The Morgan fingerprint density at radius 2 is 1.94 bits per heavy atom. The molecule has 1 aromatic heterocycles. The molecule has 1 heterocycles. The molecule has 17 heavy (non-hydrogen) atoms. The molecule has 0 unspecified atom stereocenters. The molecule has 0 saturated heterocycles. The fourth-order valence-electron chi connectivity index (χ4n) is 2.71.